The second-order valence-electron chi connectivity index (χ2n) is 4.19. The number of thiophene rings is 1. The van der Waals surface area contributed by atoms with E-state index in [0.717, 1.165) is 17.7 Å². The number of amides is 1. The number of carbonyl (C=O) groups is 1. The van der Waals surface area contributed by atoms with Gasteiger partial charge in [-0.05, 0) is 25.8 Å². The summed E-state index contributed by atoms with van der Waals surface area (Å²) in [7, 11) is 1.65. The van der Waals surface area contributed by atoms with Crippen LogP contribution in [0.15, 0.2) is 6.07 Å². The fraction of sp³-hybridized carbons (Fsp3) is 0.615. The number of ether oxygens (including phenoxy) is 2. The third-order valence-corrected chi connectivity index (χ3v) is 3.68. The summed E-state index contributed by atoms with van der Waals surface area (Å²) in [5, 5.41) is 2.88. The lowest BCUT2D eigenvalue weighted by molar-refractivity contribution is 0.0686. The number of nitrogen functional groups attached to an aromatic ring is 1. The fourth-order valence-corrected chi connectivity index (χ4v) is 2.33. The van der Waals surface area contributed by atoms with Gasteiger partial charge in [-0.1, -0.05) is 0 Å². The van der Waals surface area contributed by atoms with E-state index in [9.17, 15) is 4.79 Å². The average molecular weight is 286 g/mol. The summed E-state index contributed by atoms with van der Waals surface area (Å²) < 4.78 is 10.2. The maximum absolute atomic E-state index is 11.8. The van der Waals surface area contributed by atoms with E-state index in [4.69, 9.17) is 15.2 Å². The van der Waals surface area contributed by atoms with Gasteiger partial charge in [-0.25, -0.2) is 0 Å². The molecule has 0 saturated carbocycles. The van der Waals surface area contributed by atoms with Crippen molar-refractivity contribution in [3.63, 3.8) is 0 Å². The second-order valence-corrected chi connectivity index (χ2v) is 5.45. The topological polar surface area (TPSA) is 73.6 Å². The Morgan fingerprint density at radius 3 is 2.79 bits per heavy atom. The number of nitrogens with two attached hydrogens (primary N) is 1. The molecule has 1 amide bonds. The van der Waals surface area contributed by atoms with Crippen molar-refractivity contribution in [3.8, 4) is 0 Å². The van der Waals surface area contributed by atoms with Crippen molar-refractivity contribution in [2.24, 2.45) is 0 Å². The van der Waals surface area contributed by atoms with Gasteiger partial charge < -0.3 is 20.5 Å². The molecular weight excluding hydrogens is 264 g/mol. The Hall–Kier alpha value is -1.11. The highest BCUT2D eigenvalue weighted by Gasteiger charge is 2.09. The molecule has 0 saturated heterocycles. The highest BCUT2D eigenvalue weighted by Crippen LogP contribution is 2.22. The van der Waals surface area contributed by atoms with Crippen LogP contribution in [0.2, 0.25) is 0 Å². The molecule has 0 aliphatic rings. The van der Waals surface area contributed by atoms with Crippen LogP contribution in [0.3, 0.4) is 0 Å². The number of carbonyl (C=O) groups excluding carboxylic acids is 1. The number of hydrogen-bond donors (Lipinski definition) is 2. The van der Waals surface area contributed by atoms with Crippen molar-refractivity contribution < 1.29 is 14.3 Å². The van der Waals surface area contributed by atoms with Gasteiger partial charge in [0.2, 0.25) is 0 Å². The van der Waals surface area contributed by atoms with Gasteiger partial charge in [0.05, 0.1) is 18.1 Å². The molecule has 108 valence electrons. The van der Waals surface area contributed by atoms with Gasteiger partial charge in [0.15, 0.2) is 0 Å². The monoisotopic (exact) mass is 286 g/mol. The molecule has 0 fully saturated rings. The van der Waals surface area contributed by atoms with Crippen molar-refractivity contribution in [2.75, 3.05) is 39.2 Å². The Labute approximate surface area is 118 Å². The lowest BCUT2D eigenvalue weighted by Crippen LogP contribution is -2.23. The van der Waals surface area contributed by atoms with E-state index in [-0.39, 0.29) is 5.91 Å². The van der Waals surface area contributed by atoms with E-state index in [1.807, 2.05) is 6.92 Å². The molecule has 19 heavy (non-hydrogen) atoms. The van der Waals surface area contributed by atoms with E-state index < -0.39 is 0 Å². The van der Waals surface area contributed by atoms with Crippen LogP contribution in [0, 0.1) is 6.92 Å². The zero-order valence-electron chi connectivity index (χ0n) is 11.5. The molecule has 1 aromatic heterocycles. The van der Waals surface area contributed by atoms with Crippen LogP contribution in [-0.4, -0.2) is 39.4 Å². The van der Waals surface area contributed by atoms with Gasteiger partial charge in [-0.3, -0.25) is 4.79 Å². The van der Waals surface area contributed by atoms with E-state index in [1.54, 1.807) is 13.2 Å². The predicted octanol–water partition coefficient (Wildman–Crippen LogP) is 1.81. The molecule has 0 bridgehead atoms. The molecule has 1 rings (SSSR count). The minimum absolute atomic E-state index is 0.0508. The largest absolute Gasteiger partial charge is 0.398 e. The maximum atomic E-state index is 11.8. The zero-order valence-corrected chi connectivity index (χ0v) is 12.3. The van der Waals surface area contributed by atoms with Gasteiger partial charge in [0, 0.05) is 30.8 Å². The van der Waals surface area contributed by atoms with E-state index >= 15 is 0 Å². The number of unbranched alkanes of at least 4 members (excludes halogenated alkanes) is 1. The highest BCUT2D eigenvalue weighted by atomic mass is 32.1. The first-order valence-corrected chi connectivity index (χ1v) is 7.17. The average Bonchev–Trinajstić information content (AvgIpc) is 2.73. The summed E-state index contributed by atoms with van der Waals surface area (Å²) in [6, 6.07) is 1.73. The third kappa shape index (κ3) is 6.04. The molecule has 0 aromatic carbocycles. The molecule has 0 aliphatic heterocycles. The zero-order chi connectivity index (χ0) is 14.1. The van der Waals surface area contributed by atoms with E-state index in [0.29, 0.717) is 36.9 Å². The van der Waals surface area contributed by atoms with Crippen LogP contribution in [-0.2, 0) is 9.47 Å². The minimum Gasteiger partial charge on any atom is -0.398 e. The quantitative estimate of drug-likeness (QED) is 0.679. The minimum atomic E-state index is -0.0508. The van der Waals surface area contributed by atoms with Crippen LogP contribution in [0.1, 0.15) is 27.4 Å². The first kappa shape index (κ1) is 15.9. The standard InChI is InChI=1S/C13H22N2O3S/c1-10-11(14)9-12(19-10)13(16)15-5-3-4-6-18-8-7-17-2/h9H,3-8,14H2,1-2H3,(H,15,16). The Morgan fingerprint density at radius 1 is 1.37 bits per heavy atom. The second kappa shape index (κ2) is 8.90. The highest BCUT2D eigenvalue weighted by molar-refractivity contribution is 7.14. The van der Waals surface area contributed by atoms with Crippen molar-refractivity contribution in [3.05, 3.63) is 15.8 Å². The number of aryl methyl sites for hydroxylation is 1. The molecule has 0 aliphatic carbocycles. The van der Waals surface area contributed by atoms with Crippen LogP contribution >= 0.6 is 11.3 Å². The molecule has 6 heteroatoms. The van der Waals surface area contributed by atoms with Crippen LogP contribution < -0.4 is 11.1 Å². The van der Waals surface area contributed by atoms with Crippen LogP contribution in [0.4, 0.5) is 5.69 Å². The summed E-state index contributed by atoms with van der Waals surface area (Å²) in [6.07, 6.45) is 1.83. The number of methoxy groups -OCH3 is 1. The summed E-state index contributed by atoms with van der Waals surface area (Å²) in [5.41, 5.74) is 6.40. The Bertz CT molecular complexity index is 374. The van der Waals surface area contributed by atoms with E-state index in [1.165, 1.54) is 11.3 Å². The molecule has 0 spiro atoms. The first-order valence-electron chi connectivity index (χ1n) is 6.36. The number of hydrogen-bond acceptors (Lipinski definition) is 5. The van der Waals surface area contributed by atoms with Crippen molar-refractivity contribution >= 4 is 22.9 Å². The lowest BCUT2D eigenvalue weighted by atomic mass is 10.3. The number of rotatable bonds is 9. The predicted molar refractivity (Wildman–Crippen MR) is 77.7 cm³/mol. The van der Waals surface area contributed by atoms with Crippen LogP contribution in [0.5, 0.6) is 0 Å². The van der Waals surface area contributed by atoms with E-state index in [2.05, 4.69) is 5.32 Å². The molecule has 0 unspecified atom stereocenters. The number of anilines is 1. The van der Waals surface area contributed by atoms with Gasteiger partial charge in [0.1, 0.15) is 0 Å². The SMILES string of the molecule is COCCOCCCCNC(=O)c1cc(N)c(C)s1. The smallest absolute Gasteiger partial charge is 0.261 e. The molecule has 1 aromatic rings. The molecule has 0 radical (unpaired) electrons. The Morgan fingerprint density at radius 2 is 2.16 bits per heavy atom. The van der Waals surface area contributed by atoms with Crippen molar-refractivity contribution in [1.29, 1.82) is 0 Å². The van der Waals surface area contributed by atoms with Gasteiger partial charge in [0.25, 0.3) is 5.91 Å². The summed E-state index contributed by atoms with van der Waals surface area (Å²) in [6.45, 7) is 4.51. The summed E-state index contributed by atoms with van der Waals surface area (Å²) >= 11 is 1.42. The van der Waals surface area contributed by atoms with Crippen LogP contribution in [0.25, 0.3) is 0 Å². The molecular formula is C13H22N2O3S. The third-order valence-electron chi connectivity index (χ3n) is 2.61. The molecule has 3 N–H and O–H groups in total. The van der Waals surface area contributed by atoms with Gasteiger partial charge >= 0.3 is 0 Å². The molecule has 5 nitrogen and oxygen atoms in total. The summed E-state index contributed by atoms with van der Waals surface area (Å²) in [4.78, 5) is 13.4. The van der Waals surface area contributed by atoms with Crippen molar-refractivity contribution in [1.82, 2.24) is 5.32 Å². The van der Waals surface area contributed by atoms with Gasteiger partial charge in [-0.15, -0.1) is 11.3 Å². The normalized spacial score (nSPS) is 10.6. The molecule has 0 atom stereocenters. The lowest BCUT2D eigenvalue weighted by Gasteiger charge is -2.04. The number of nitrogens with one attached hydrogen (secondary N) is 1. The van der Waals surface area contributed by atoms with Gasteiger partial charge in [-0.2, -0.15) is 0 Å². The Balaban J connectivity index is 2.08. The molecule has 1 heterocycles. The summed E-state index contributed by atoms with van der Waals surface area (Å²) in [5.74, 6) is -0.0508. The first-order chi connectivity index (χ1) is 9.15. The maximum Gasteiger partial charge on any atom is 0.261 e. The Kier molecular flexibility index (Phi) is 7.47. The van der Waals surface area contributed by atoms with Crippen molar-refractivity contribution in [2.45, 2.75) is 19.8 Å². The fourth-order valence-electron chi connectivity index (χ4n) is 1.47.